The monoisotopic (exact) mass is 437 g/mol. The molecule has 12 heteroatoms. The summed E-state index contributed by atoms with van der Waals surface area (Å²) in [6.45, 7) is -0.535. The molecule has 3 rings (SSSR count). The van der Waals surface area contributed by atoms with Gasteiger partial charge < -0.3 is 20.1 Å². The van der Waals surface area contributed by atoms with Crippen molar-refractivity contribution in [1.82, 2.24) is 25.2 Å². The molecule has 0 unspecified atom stereocenters. The fraction of sp³-hybridized carbons (Fsp3) is 0.263. The zero-order valence-corrected chi connectivity index (χ0v) is 16.5. The predicted octanol–water partition coefficient (Wildman–Crippen LogP) is 1.81. The maximum absolute atomic E-state index is 12.9. The number of fused-ring (bicyclic) bond motifs is 1. The number of aromatic nitrogens is 3. The molecule has 0 spiro atoms. The molecule has 2 N–H and O–H groups in total. The number of carbonyl (C=O) groups excluding carboxylic acids is 2. The first-order chi connectivity index (χ1) is 14.7. The molecule has 164 valence electrons. The van der Waals surface area contributed by atoms with Crippen molar-refractivity contribution < 1.29 is 32.2 Å². The summed E-state index contributed by atoms with van der Waals surface area (Å²) in [4.78, 5) is 24.4. The van der Waals surface area contributed by atoms with E-state index >= 15 is 0 Å². The second-order valence-electron chi connectivity index (χ2n) is 6.32. The number of nitrogens with one attached hydrogen (secondary N) is 2. The number of ether oxygens (including phenoxy) is 2. The third-order valence-corrected chi connectivity index (χ3v) is 4.27. The van der Waals surface area contributed by atoms with Crippen molar-refractivity contribution in [3.8, 4) is 11.5 Å². The van der Waals surface area contributed by atoms with Crippen molar-refractivity contribution >= 4 is 17.5 Å². The number of halogens is 3. The van der Waals surface area contributed by atoms with E-state index < -0.39 is 23.6 Å². The maximum atomic E-state index is 12.9. The van der Waals surface area contributed by atoms with Crippen LogP contribution < -0.4 is 20.1 Å². The number of nitrogens with zero attached hydrogens (tertiary/aromatic N) is 3. The summed E-state index contributed by atoms with van der Waals surface area (Å²) in [5.74, 6) is -0.169. The number of pyridine rings is 1. The first kappa shape index (κ1) is 21.9. The fourth-order valence-electron chi connectivity index (χ4n) is 2.67. The number of benzene rings is 1. The van der Waals surface area contributed by atoms with Crippen molar-refractivity contribution in [2.24, 2.45) is 0 Å². The van der Waals surface area contributed by atoms with Gasteiger partial charge in [-0.15, -0.1) is 10.2 Å². The van der Waals surface area contributed by atoms with Crippen LogP contribution in [0, 0.1) is 0 Å². The van der Waals surface area contributed by atoms with Gasteiger partial charge in [-0.2, -0.15) is 13.2 Å². The molecule has 2 heterocycles. The summed E-state index contributed by atoms with van der Waals surface area (Å²) >= 11 is 0. The van der Waals surface area contributed by atoms with E-state index in [-0.39, 0.29) is 30.1 Å². The lowest BCUT2D eigenvalue weighted by molar-refractivity contribution is -0.137. The zero-order chi connectivity index (χ0) is 22.6. The summed E-state index contributed by atoms with van der Waals surface area (Å²) < 4.78 is 50.0. The number of methoxy groups -OCH3 is 2. The fourth-order valence-corrected chi connectivity index (χ4v) is 2.67. The quantitative estimate of drug-likeness (QED) is 0.584. The lowest BCUT2D eigenvalue weighted by Crippen LogP contribution is -2.37. The van der Waals surface area contributed by atoms with Crippen molar-refractivity contribution in [2.75, 3.05) is 20.8 Å². The lowest BCUT2D eigenvalue weighted by Gasteiger charge is -2.10. The van der Waals surface area contributed by atoms with Gasteiger partial charge in [0.05, 0.1) is 32.9 Å². The Bertz CT molecular complexity index is 1090. The highest BCUT2D eigenvalue weighted by molar-refractivity contribution is 5.97. The summed E-state index contributed by atoms with van der Waals surface area (Å²) in [5.41, 5.74) is -0.432. The van der Waals surface area contributed by atoms with Gasteiger partial charge in [0.15, 0.2) is 11.5 Å². The normalized spacial score (nSPS) is 11.3. The number of alkyl halides is 3. The SMILES string of the molecule is COc1cc(OC)cc(C(=O)NCC(=O)NCc2nnc3ccc(C(F)(F)F)cn23)c1. The minimum absolute atomic E-state index is 0.110. The molecule has 0 aliphatic rings. The van der Waals surface area contributed by atoms with Crippen molar-refractivity contribution in [3.63, 3.8) is 0 Å². The highest BCUT2D eigenvalue weighted by Gasteiger charge is 2.31. The molecule has 0 atom stereocenters. The highest BCUT2D eigenvalue weighted by atomic mass is 19.4. The number of rotatable bonds is 7. The third-order valence-electron chi connectivity index (χ3n) is 4.27. The molecule has 1 aromatic carbocycles. The summed E-state index contributed by atoms with van der Waals surface area (Å²) in [5, 5.41) is 12.5. The molecule has 0 aliphatic carbocycles. The largest absolute Gasteiger partial charge is 0.497 e. The molecule has 31 heavy (non-hydrogen) atoms. The molecular weight excluding hydrogens is 419 g/mol. The topological polar surface area (TPSA) is 107 Å². The number of hydrogen-bond donors (Lipinski definition) is 2. The maximum Gasteiger partial charge on any atom is 0.417 e. The summed E-state index contributed by atoms with van der Waals surface area (Å²) in [7, 11) is 2.88. The van der Waals surface area contributed by atoms with Gasteiger partial charge in [-0.1, -0.05) is 0 Å². The third kappa shape index (κ3) is 5.21. The Morgan fingerprint density at radius 2 is 1.71 bits per heavy atom. The van der Waals surface area contributed by atoms with Crippen LogP contribution in [0.1, 0.15) is 21.7 Å². The first-order valence-electron chi connectivity index (χ1n) is 8.90. The second kappa shape index (κ2) is 8.90. The van der Waals surface area contributed by atoms with E-state index in [1.807, 2.05) is 0 Å². The predicted molar refractivity (Wildman–Crippen MR) is 102 cm³/mol. The van der Waals surface area contributed by atoms with Crippen LogP contribution in [0.4, 0.5) is 13.2 Å². The van der Waals surface area contributed by atoms with Crippen molar-refractivity contribution in [2.45, 2.75) is 12.7 Å². The van der Waals surface area contributed by atoms with Gasteiger partial charge in [0.2, 0.25) is 5.91 Å². The van der Waals surface area contributed by atoms with E-state index in [4.69, 9.17) is 9.47 Å². The number of hydrogen-bond acceptors (Lipinski definition) is 6. The minimum Gasteiger partial charge on any atom is -0.497 e. The van der Waals surface area contributed by atoms with Crippen LogP contribution in [-0.4, -0.2) is 47.2 Å². The van der Waals surface area contributed by atoms with Gasteiger partial charge in [0.25, 0.3) is 5.91 Å². The van der Waals surface area contributed by atoms with E-state index in [9.17, 15) is 22.8 Å². The van der Waals surface area contributed by atoms with Crippen molar-refractivity contribution in [3.05, 3.63) is 53.5 Å². The lowest BCUT2D eigenvalue weighted by atomic mass is 10.2. The first-order valence-corrected chi connectivity index (χ1v) is 8.90. The summed E-state index contributed by atoms with van der Waals surface area (Å²) in [6.07, 6.45) is -3.67. The Hall–Kier alpha value is -3.83. The second-order valence-corrected chi connectivity index (χ2v) is 6.32. The molecular formula is C19H18F3N5O4. The average molecular weight is 437 g/mol. The molecule has 2 amide bonds. The van der Waals surface area contributed by atoms with Gasteiger partial charge in [0.1, 0.15) is 11.5 Å². The Balaban J connectivity index is 1.60. The van der Waals surface area contributed by atoms with Gasteiger partial charge in [-0.25, -0.2) is 0 Å². The van der Waals surface area contributed by atoms with Gasteiger partial charge in [-0.3, -0.25) is 14.0 Å². The molecule has 0 saturated heterocycles. The molecule has 0 fully saturated rings. The van der Waals surface area contributed by atoms with E-state index in [1.165, 1.54) is 32.4 Å². The number of carbonyl (C=O) groups is 2. The molecule has 0 radical (unpaired) electrons. The van der Waals surface area contributed by atoms with Crippen LogP contribution in [0.25, 0.3) is 5.65 Å². The van der Waals surface area contributed by atoms with Crippen LogP contribution in [0.2, 0.25) is 0 Å². The minimum atomic E-state index is -4.52. The van der Waals surface area contributed by atoms with E-state index in [0.29, 0.717) is 11.5 Å². The van der Waals surface area contributed by atoms with Gasteiger partial charge in [0, 0.05) is 17.8 Å². The van der Waals surface area contributed by atoms with E-state index in [0.717, 1.165) is 16.7 Å². The molecule has 0 bridgehead atoms. The summed E-state index contributed by atoms with van der Waals surface area (Å²) in [6, 6.07) is 6.64. The smallest absolute Gasteiger partial charge is 0.417 e. The molecule has 3 aromatic rings. The Labute approximate surface area is 174 Å². The van der Waals surface area contributed by atoms with Crippen LogP contribution >= 0.6 is 0 Å². The standard InChI is InChI=1S/C19H18F3N5O4/c1-30-13-5-11(6-14(7-13)31-2)18(29)24-9-17(28)23-8-16-26-25-15-4-3-12(10-27(15)16)19(20,21)22/h3-7,10H,8-9H2,1-2H3,(H,23,28)(H,24,29). The highest BCUT2D eigenvalue weighted by Crippen LogP contribution is 2.29. The van der Waals surface area contributed by atoms with E-state index in [2.05, 4.69) is 20.8 Å². The average Bonchev–Trinajstić information content (AvgIpc) is 3.17. The Kier molecular flexibility index (Phi) is 6.28. The molecule has 0 aliphatic heterocycles. The Morgan fingerprint density at radius 1 is 1.03 bits per heavy atom. The van der Waals surface area contributed by atoms with Crippen molar-refractivity contribution in [1.29, 1.82) is 0 Å². The Morgan fingerprint density at radius 3 is 2.32 bits per heavy atom. The zero-order valence-electron chi connectivity index (χ0n) is 16.5. The van der Waals surface area contributed by atoms with Crippen LogP contribution in [0.5, 0.6) is 11.5 Å². The van der Waals surface area contributed by atoms with Crippen LogP contribution in [0.3, 0.4) is 0 Å². The van der Waals surface area contributed by atoms with Crippen LogP contribution in [-0.2, 0) is 17.5 Å². The van der Waals surface area contributed by atoms with Gasteiger partial charge in [-0.05, 0) is 24.3 Å². The number of amides is 2. The van der Waals surface area contributed by atoms with E-state index in [1.54, 1.807) is 6.07 Å². The molecule has 0 saturated carbocycles. The van der Waals surface area contributed by atoms with Gasteiger partial charge >= 0.3 is 6.18 Å². The molecule has 9 nitrogen and oxygen atoms in total. The molecule has 2 aromatic heterocycles. The van der Waals surface area contributed by atoms with Crippen LogP contribution in [0.15, 0.2) is 36.5 Å².